The molecule has 28 heavy (non-hydrogen) atoms. The number of carbonyl (C=O) groups is 1. The van der Waals surface area contributed by atoms with E-state index in [0.717, 1.165) is 29.4 Å². The van der Waals surface area contributed by atoms with E-state index in [0.29, 0.717) is 31.8 Å². The van der Waals surface area contributed by atoms with Gasteiger partial charge in [0.25, 0.3) is 5.56 Å². The highest BCUT2D eigenvalue weighted by Crippen LogP contribution is 2.22. The van der Waals surface area contributed by atoms with Crippen LogP contribution >= 0.6 is 11.6 Å². The van der Waals surface area contributed by atoms with Gasteiger partial charge in [-0.1, -0.05) is 24.6 Å². The molecule has 1 aromatic carbocycles. The topological polar surface area (TPSA) is 93.4 Å². The number of aliphatic carboxylic acids is 1. The predicted molar refractivity (Wildman–Crippen MR) is 110 cm³/mol. The maximum Gasteiger partial charge on any atom is 0.328 e. The molecule has 150 valence electrons. The lowest BCUT2D eigenvalue weighted by Gasteiger charge is -2.12. The summed E-state index contributed by atoms with van der Waals surface area (Å²) in [4.78, 5) is 22.6. The summed E-state index contributed by atoms with van der Waals surface area (Å²) in [6, 6.07) is 5.58. The molecule has 0 radical (unpaired) electrons. The van der Waals surface area contributed by atoms with Crippen LogP contribution in [0.1, 0.15) is 31.4 Å². The first kappa shape index (κ1) is 21.5. The molecule has 0 saturated carbocycles. The number of rotatable bonds is 10. The van der Waals surface area contributed by atoms with Crippen LogP contribution in [0.15, 0.2) is 35.3 Å². The van der Waals surface area contributed by atoms with Crippen LogP contribution in [0, 0.1) is 0 Å². The number of aryl methyl sites for hydroxylation is 2. The van der Waals surface area contributed by atoms with Crippen molar-refractivity contribution in [3.63, 3.8) is 0 Å². The van der Waals surface area contributed by atoms with Crippen molar-refractivity contribution in [1.29, 1.82) is 0 Å². The first-order valence-electron chi connectivity index (χ1n) is 9.12. The fourth-order valence-electron chi connectivity index (χ4n) is 2.58. The van der Waals surface area contributed by atoms with E-state index in [-0.39, 0.29) is 10.6 Å². The van der Waals surface area contributed by atoms with Crippen molar-refractivity contribution in [2.45, 2.75) is 33.2 Å². The lowest BCUT2D eigenvalue weighted by molar-refractivity contribution is -0.131. The number of carboxylic acid groups (broad SMARTS) is 1. The van der Waals surface area contributed by atoms with Gasteiger partial charge in [0.05, 0.1) is 18.5 Å². The van der Waals surface area contributed by atoms with Crippen molar-refractivity contribution in [2.75, 3.05) is 18.5 Å². The standard InChI is InChI=1S/C20H24ClN3O4/c1-3-15-12-14(7-9-18(25)26)6-8-17(15)28-11-5-10-22-16-13-23-24(4-2)20(27)19(16)21/h6-9,12-13,22H,3-5,10-11H2,1-2H3,(H,25,26). The summed E-state index contributed by atoms with van der Waals surface area (Å²) < 4.78 is 7.15. The molecular weight excluding hydrogens is 382 g/mol. The van der Waals surface area contributed by atoms with Gasteiger partial charge in [-0.25, -0.2) is 9.48 Å². The van der Waals surface area contributed by atoms with Gasteiger partial charge in [0, 0.05) is 19.2 Å². The first-order valence-corrected chi connectivity index (χ1v) is 9.50. The molecule has 1 heterocycles. The Morgan fingerprint density at radius 2 is 2.18 bits per heavy atom. The number of halogens is 1. The Kier molecular flexibility index (Phi) is 8.07. The van der Waals surface area contributed by atoms with Crippen LogP contribution in [-0.4, -0.2) is 34.0 Å². The van der Waals surface area contributed by atoms with Gasteiger partial charge in [0.1, 0.15) is 10.8 Å². The third-order valence-corrected chi connectivity index (χ3v) is 4.43. The number of aromatic nitrogens is 2. The number of nitrogens with one attached hydrogen (secondary N) is 1. The van der Waals surface area contributed by atoms with E-state index in [9.17, 15) is 9.59 Å². The highest BCUT2D eigenvalue weighted by Gasteiger charge is 2.08. The number of carboxylic acids is 1. The maximum atomic E-state index is 11.9. The summed E-state index contributed by atoms with van der Waals surface area (Å²) in [7, 11) is 0. The van der Waals surface area contributed by atoms with Gasteiger partial charge in [-0.15, -0.1) is 0 Å². The zero-order chi connectivity index (χ0) is 20.5. The smallest absolute Gasteiger partial charge is 0.328 e. The number of anilines is 1. The third-order valence-electron chi connectivity index (χ3n) is 4.06. The molecule has 2 aromatic rings. The van der Waals surface area contributed by atoms with E-state index in [1.807, 2.05) is 32.0 Å². The normalized spacial score (nSPS) is 11.0. The summed E-state index contributed by atoms with van der Waals surface area (Å²) in [5.74, 6) is -0.201. The molecule has 0 aliphatic rings. The number of ether oxygens (including phenoxy) is 1. The molecule has 0 spiro atoms. The van der Waals surface area contributed by atoms with Crippen molar-refractivity contribution < 1.29 is 14.6 Å². The second-order valence-electron chi connectivity index (χ2n) is 6.01. The lowest BCUT2D eigenvalue weighted by atomic mass is 10.1. The van der Waals surface area contributed by atoms with Crippen LogP contribution in [0.4, 0.5) is 5.69 Å². The molecule has 0 atom stereocenters. The van der Waals surface area contributed by atoms with Crippen molar-refractivity contribution in [3.05, 3.63) is 57.0 Å². The summed E-state index contributed by atoms with van der Waals surface area (Å²) in [6.45, 7) is 5.38. The van der Waals surface area contributed by atoms with Gasteiger partial charge in [-0.05, 0) is 49.1 Å². The average molecular weight is 406 g/mol. The van der Waals surface area contributed by atoms with Crippen LogP contribution in [0.5, 0.6) is 5.75 Å². The van der Waals surface area contributed by atoms with Crippen LogP contribution in [0.25, 0.3) is 6.08 Å². The summed E-state index contributed by atoms with van der Waals surface area (Å²) >= 11 is 6.08. The van der Waals surface area contributed by atoms with E-state index in [4.69, 9.17) is 21.4 Å². The fourth-order valence-corrected chi connectivity index (χ4v) is 2.79. The van der Waals surface area contributed by atoms with E-state index in [1.165, 1.54) is 4.68 Å². The quantitative estimate of drug-likeness (QED) is 0.464. The molecule has 2 rings (SSSR count). The molecule has 2 N–H and O–H groups in total. The zero-order valence-corrected chi connectivity index (χ0v) is 16.7. The Morgan fingerprint density at radius 1 is 1.39 bits per heavy atom. The van der Waals surface area contributed by atoms with E-state index in [1.54, 1.807) is 12.3 Å². The SMILES string of the molecule is CCc1cc(C=CC(=O)O)ccc1OCCCNc1cnn(CC)c(=O)c1Cl. The minimum Gasteiger partial charge on any atom is -0.493 e. The van der Waals surface area contributed by atoms with Gasteiger partial charge in [-0.2, -0.15) is 5.10 Å². The Morgan fingerprint density at radius 3 is 2.86 bits per heavy atom. The molecule has 0 aliphatic carbocycles. The van der Waals surface area contributed by atoms with Crippen LogP contribution in [0.3, 0.4) is 0 Å². The van der Waals surface area contributed by atoms with Gasteiger partial charge in [0.15, 0.2) is 0 Å². The van der Waals surface area contributed by atoms with Gasteiger partial charge >= 0.3 is 5.97 Å². The second-order valence-corrected chi connectivity index (χ2v) is 6.39. The molecule has 1 aromatic heterocycles. The lowest BCUT2D eigenvalue weighted by Crippen LogP contribution is -2.23. The third kappa shape index (κ3) is 5.85. The van der Waals surface area contributed by atoms with Gasteiger partial charge in [0.2, 0.25) is 0 Å². The largest absolute Gasteiger partial charge is 0.493 e. The zero-order valence-electron chi connectivity index (χ0n) is 15.9. The molecule has 0 saturated heterocycles. The minimum atomic E-state index is -0.979. The maximum absolute atomic E-state index is 11.9. The predicted octanol–water partition coefficient (Wildman–Crippen LogP) is 3.46. The van der Waals surface area contributed by atoms with Gasteiger partial charge < -0.3 is 15.2 Å². The number of hydrogen-bond donors (Lipinski definition) is 2. The number of hydrogen-bond acceptors (Lipinski definition) is 5. The van der Waals surface area contributed by atoms with Crippen molar-refractivity contribution in [1.82, 2.24) is 9.78 Å². The average Bonchev–Trinajstić information content (AvgIpc) is 2.69. The van der Waals surface area contributed by atoms with Crippen molar-refractivity contribution >= 4 is 29.3 Å². The number of benzene rings is 1. The van der Waals surface area contributed by atoms with E-state index in [2.05, 4.69) is 10.4 Å². The second kappa shape index (κ2) is 10.5. The Hall–Kier alpha value is -2.80. The van der Waals surface area contributed by atoms with Crippen LogP contribution in [0.2, 0.25) is 5.02 Å². The molecule has 0 bridgehead atoms. The Labute approximate surface area is 168 Å². The molecular formula is C20H24ClN3O4. The molecule has 7 nitrogen and oxygen atoms in total. The fraction of sp³-hybridized carbons (Fsp3) is 0.350. The molecule has 0 unspecified atom stereocenters. The summed E-state index contributed by atoms with van der Waals surface area (Å²) in [6.07, 6.45) is 5.69. The monoisotopic (exact) mass is 405 g/mol. The molecule has 0 aliphatic heterocycles. The Balaban J connectivity index is 1.87. The van der Waals surface area contributed by atoms with Crippen LogP contribution in [-0.2, 0) is 17.8 Å². The number of nitrogens with zero attached hydrogens (tertiary/aromatic N) is 2. The highest BCUT2D eigenvalue weighted by molar-refractivity contribution is 6.32. The van der Waals surface area contributed by atoms with Crippen molar-refractivity contribution in [3.8, 4) is 5.75 Å². The Bertz CT molecular complexity index is 909. The van der Waals surface area contributed by atoms with E-state index < -0.39 is 5.97 Å². The highest BCUT2D eigenvalue weighted by atomic mass is 35.5. The summed E-state index contributed by atoms with van der Waals surface area (Å²) in [5.41, 5.74) is 2.03. The minimum absolute atomic E-state index is 0.135. The van der Waals surface area contributed by atoms with Crippen molar-refractivity contribution in [2.24, 2.45) is 0 Å². The van der Waals surface area contributed by atoms with Crippen LogP contribution < -0.4 is 15.6 Å². The molecule has 0 fully saturated rings. The molecule has 0 amide bonds. The van der Waals surface area contributed by atoms with E-state index >= 15 is 0 Å². The summed E-state index contributed by atoms with van der Waals surface area (Å²) in [5, 5.41) is 16.0. The first-order chi connectivity index (χ1) is 13.5. The molecule has 8 heteroatoms. The van der Waals surface area contributed by atoms with Gasteiger partial charge in [-0.3, -0.25) is 4.79 Å².